The molecule has 0 aliphatic heterocycles. The number of fused-ring (bicyclic) bond motifs is 1. The Hall–Kier alpha value is -2.77. The van der Waals surface area contributed by atoms with Crippen molar-refractivity contribution in [3.05, 3.63) is 70.7 Å². The minimum absolute atomic E-state index is 0.115. The normalized spacial score (nSPS) is 10.8. The van der Waals surface area contributed by atoms with Crippen molar-refractivity contribution in [1.82, 2.24) is 10.2 Å². The first kappa shape index (κ1) is 18.6. The highest BCUT2D eigenvalue weighted by atomic mass is 79.9. The van der Waals surface area contributed by atoms with Gasteiger partial charge in [-0.25, -0.2) is 0 Å². The van der Waals surface area contributed by atoms with Crippen LogP contribution >= 0.6 is 27.3 Å². The van der Waals surface area contributed by atoms with Crippen LogP contribution in [0.2, 0.25) is 0 Å². The van der Waals surface area contributed by atoms with E-state index in [0.29, 0.717) is 10.9 Å². The molecule has 0 saturated heterocycles. The summed E-state index contributed by atoms with van der Waals surface area (Å²) in [7, 11) is 0. The molecule has 0 radical (unpaired) electrons. The molecule has 0 saturated carbocycles. The van der Waals surface area contributed by atoms with Gasteiger partial charge in [0.15, 0.2) is 6.61 Å². The monoisotopic (exact) mass is 453 g/mol. The Bertz CT molecular complexity index is 1140. The van der Waals surface area contributed by atoms with Crippen LogP contribution in [0, 0.1) is 6.92 Å². The third-order valence-corrected chi connectivity index (χ3v) is 5.86. The number of rotatable bonds is 5. The number of halogens is 1. The number of ether oxygens (including phenoxy) is 1. The van der Waals surface area contributed by atoms with Gasteiger partial charge in [-0.1, -0.05) is 71.5 Å². The summed E-state index contributed by atoms with van der Waals surface area (Å²) in [5.41, 5.74) is 2.15. The topological polar surface area (TPSA) is 64.1 Å². The summed E-state index contributed by atoms with van der Waals surface area (Å²) < 4.78 is 6.51. The van der Waals surface area contributed by atoms with Gasteiger partial charge >= 0.3 is 0 Å². The summed E-state index contributed by atoms with van der Waals surface area (Å²) >= 11 is 4.88. The van der Waals surface area contributed by atoms with E-state index < -0.39 is 0 Å². The lowest BCUT2D eigenvalue weighted by atomic mass is 10.1. The molecule has 4 rings (SSSR count). The molecule has 3 aromatic carbocycles. The summed E-state index contributed by atoms with van der Waals surface area (Å²) in [6.07, 6.45) is 0. The van der Waals surface area contributed by atoms with Gasteiger partial charge in [0, 0.05) is 5.56 Å². The zero-order valence-electron chi connectivity index (χ0n) is 15.0. The third kappa shape index (κ3) is 4.05. The van der Waals surface area contributed by atoms with Gasteiger partial charge in [-0.15, -0.1) is 10.2 Å². The lowest BCUT2D eigenvalue weighted by Crippen LogP contribution is -2.20. The number of carbonyl (C=O) groups is 1. The van der Waals surface area contributed by atoms with E-state index in [-0.39, 0.29) is 12.5 Å². The first-order valence-corrected chi connectivity index (χ1v) is 10.2. The molecule has 0 bridgehead atoms. The van der Waals surface area contributed by atoms with Gasteiger partial charge in [0.2, 0.25) is 5.13 Å². The van der Waals surface area contributed by atoms with E-state index in [2.05, 4.69) is 31.4 Å². The second-order valence-electron chi connectivity index (χ2n) is 6.21. The Balaban J connectivity index is 1.40. The van der Waals surface area contributed by atoms with Crippen LogP contribution in [-0.4, -0.2) is 22.7 Å². The van der Waals surface area contributed by atoms with Gasteiger partial charge in [-0.3, -0.25) is 10.1 Å². The summed E-state index contributed by atoms with van der Waals surface area (Å²) in [6.45, 7) is 1.92. The Labute approximate surface area is 174 Å². The number of hydrogen-bond donors (Lipinski definition) is 1. The second-order valence-corrected chi connectivity index (χ2v) is 7.98. The number of nitrogens with zero attached hydrogens (tertiary/aromatic N) is 2. The summed E-state index contributed by atoms with van der Waals surface area (Å²) in [4.78, 5) is 12.2. The maximum atomic E-state index is 12.2. The molecule has 0 atom stereocenters. The van der Waals surface area contributed by atoms with Crippen molar-refractivity contribution >= 4 is 49.1 Å². The van der Waals surface area contributed by atoms with E-state index in [1.165, 1.54) is 16.9 Å². The fraction of sp³-hybridized carbons (Fsp3) is 0.0952. The van der Waals surface area contributed by atoms with Crippen molar-refractivity contribution in [3.8, 4) is 16.3 Å². The minimum atomic E-state index is -0.285. The molecule has 0 unspecified atom stereocenters. The van der Waals surface area contributed by atoms with Crippen molar-refractivity contribution in [2.75, 3.05) is 11.9 Å². The van der Waals surface area contributed by atoms with Gasteiger partial charge in [0.25, 0.3) is 5.91 Å². The molecule has 28 heavy (non-hydrogen) atoms. The molecular weight excluding hydrogens is 438 g/mol. The quantitative estimate of drug-likeness (QED) is 0.436. The Morgan fingerprint density at radius 1 is 1.07 bits per heavy atom. The zero-order chi connectivity index (χ0) is 19.5. The molecule has 1 N–H and O–H groups in total. The van der Waals surface area contributed by atoms with Crippen molar-refractivity contribution in [2.45, 2.75) is 6.92 Å². The van der Waals surface area contributed by atoms with Gasteiger partial charge in [-0.05, 0) is 39.7 Å². The van der Waals surface area contributed by atoms with E-state index in [9.17, 15) is 4.79 Å². The SMILES string of the molecule is Cc1ccc(-c2nnc(NC(=O)COc3ccc4ccccc4c3Br)s2)cc1. The number of aromatic nitrogens is 2. The van der Waals surface area contributed by atoms with Crippen LogP contribution < -0.4 is 10.1 Å². The largest absolute Gasteiger partial charge is 0.483 e. The van der Waals surface area contributed by atoms with Gasteiger partial charge < -0.3 is 4.74 Å². The molecular formula is C21H16BrN3O2S. The number of amides is 1. The van der Waals surface area contributed by atoms with Crippen LogP contribution in [0.1, 0.15) is 5.56 Å². The van der Waals surface area contributed by atoms with Crippen LogP contribution in [0.25, 0.3) is 21.3 Å². The standard InChI is InChI=1S/C21H16BrN3O2S/c1-13-6-8-15(9-7-13)20-24-25-21(28-20)23-18(26)12-27-17-11-10-14-4-2-3-5-16(14)19(17)22/h2-11H,12H2,1H3,(H,23,25,26). The first-order chi connectivity index (χ1) is 13.6. The van der Waals surface area contributed by atoms with Crippen molar-refractivity contribution in [2.24, 2.45) is 0 Å². The molecule has 1 aromatic heterocycles. The van der Waals surface area contributed by atoms with E-state index in [0.717, 1.165) is 25.8 Å². The molecule has 1 amide bonds. The highest BCUT2D eigenvalue weighted by molar-refractivity contribution is 9.10. The van der Waals surface area contributed by atoms with E-state index in [1.807, 2.05) is 67.6 Å². The molecule has 0 fully saturated rings. The van der Waals surface area contributed by atoms with Gasteiger partial charge in [0.1, 0.15) is 10.8 Å². The Kier molecular flexibility index (Phi) is 5.36. The number of aryl methyl sites for hydroxylation is 1. The number of carbonyl (C=O) groups excluding carboxylic acids is 1. The van der Waals surface area contributed by atoms with Gasteiger partial charge in [-0.2, -0.15) is 0 Å². The zero-order valence-corrected chi connectivity index (χ0v) is 17.4. The molecule has 0 aliphatic rings. The number of benzene rings is 3. The van der Waals surface area contributed by atoms with Crippen LogP contribution in [0.3, 0.4) is 0 Å². The minimum Gasteiger partial charge on any atom is -0.483 e. The number of anilines is 1. The summed E-state index contributed by atoms with van der Waals surface area (Å²) in [5.74, 6) is 0.332. The molecule has 5 nitrogen and oxygen atoms in total. The summed E-state index contributed by atoms with van der Waals surface area (Å²) in [6, 6.07) is 19.8. The van der Waals surface area contributed by atoms with Gasteiger partial charge in [0.05, 0.1) is 4.47 Å². The predicted molar refractivity (Wildman–Crippen MR) is 116 cm³/mol. The Morgan fingerprint density at radius 2 is 1.86 bits per heavy atom. The fourth-order valence-corrected chi connectivity index (χ4v) is 4.08. The second kappa shape index (κ2) is 8.08. The first-order valence-electron chi connectivity index (χ1n) is 8.60. The third-order valence-electron chi connectivity index (χ3n) is 4.16. The molecule has 4 aromatic rings. The number of nitrogens with one attached hydrogen (secondary N) is 1. The molecule has 140 valence electrons. The van der Waals surface area contributed by atoms with Crippen LogP contribution in [0.4, 0.5) is 5.13 Å². The smallest absolute Gasteiger partial charge is 0.264 e. The average Bonchev–Trinajstić information content (AvgIpc) is 3.16. The van der Waals surface area contributed by atoms with Crippen molar-refractivity contribution in [1.29, 1.82) is 0 Å². The van der Waals surface area contributed by atoms with E-state index in [1.54, 1.807) is 0 Å². The van der Waals surface area contributed by atoms with E-state index >= 15 is 0 Å². The van der Waals surface area contributed by atoms with Crippen LogP contribution in [-0.2, 0) is 4.79 Å². The van der Waals surface area contributed by atoms with Crippen LogP contribution in [0.15, 0.2) is 65.1 Å². The van der Waals surface area contributed by atoms with Crippen molar-refractivity contribution in [3.63, 3.8) is 0 Å². The summed E-state index contributed by atoms with van der Waals surface area (Å²) in [5, 5.41) is 14.3. The molecule has 0 aliphatic carbocycles. The maximum absolute atomic E-state index is 12.2. The average molecular weight is 454 g/mol. The lowest BCUT2D eigenvalue weighted by molar-refractivity contribution is -0.118. The Morgan fingerprint density at radius 3 is 2.68 bits per heavy atom. The molecule has 7 heteroatoms. The van der Waals surface area contributed by atoms with Crippen LogP contribution in [0.5, 0.6) is 5.75 Å². The molecule has 0 spiro atoms. The molecule has 1 heterocycles. The highest BCUT2D eigenvalue weighted by Gasteiger charge is 2.12. The van der Waals surface area contributed by atoms with Crippen molar-refractivity contribution < 1.29 is 9.53 Å². The number of hydrogen-bond acceptors (Lipinski definition) is 5. The fourth-order valence-electron chi connectivity index (χ4n) is 2.71. The highest BCUT2D eigenvalue weighted by Crippen LogP contribution is 2.33. The maximum Gasteiger partial charge on any atom is 0.264 e. The lowest BCUT2D eigenvalue weighted by Gasteiger charge is -2.09. The predicted octanol–water partition coefficient (Wildman–Crippen LogP) is 5.45. The van der Waals surface area contributed by atoms with E-state index in [4.69, 9.17) is 4.74 Å².